The quantitative estimate of drug-likeness (QED) is 0.733. The summed E-state index contributed by atoms with van der Waals surface area (Å²) in [6, 6.07) is 13.5. The number of hydrogen-bond acceptors (Lipinski definition) is 4. The van der Waals surface area contributed by atoms with Gasteiger partial charge in [-0.2, -0.15) is 0 Å². The lowest BCUT2D eigenvalue weighted by atomic mass is 10.1. The third kappa shape index (κ3) is 4.36. The highest BCUT2D eigenvalue weighted by Gasteiger charge is 2.08. The van der Waals surface area contributed by atoms with Crippen molar-refractivity contribution >= 4 is 12.2 Å². The minimum Gasteiger partial charge on any atom is -0.491 e. The average Bonchev–Trinajstić information content (AvgIpc) is 3.07. The molecule has 0 unspecified atom stereocenters. The number of aliphatic hydroxyl groups excluding tert-OH is 1. The highest BCUT2D eigenvalue weighted by atomic mass is 16.5. The summed E-state index contributed by atoms with van der Waals surface area (Å²) >= 11 is 0. The van der Waals surface area contributed by atoms with Crippen LogP contribution in [0.2, 0.25) is 0 Å². The molecule has 27 heavy (non-hydrogen) atoms. The molecule has 0 aliphatic rings. The van der Waals surface area contributed by atoms with Crippen LogP contribution in [0.1, 0.15) is 18.2 Å². The molecular formula is C23H23NO3. The van der Waals surface area contributed by atoms with Crippen molar-refractivity contribution in [3.8, 4) is 17.1 Å². The van der Waals surface area contributed by atoms with Gasteiger partial charge in [0.1, 0.15) is 23.5 Å². The Hall–Kier alpha value is -3.11. The molecule has 2 aromatic heterocycles. The van der Waals surface area contributed by atoms with Crippen molar-refractivity contribution in [1.82, 2.24) is 4.98 Å². The van der Waals surface area contributed by atoms with E-state index in [0.717, 1.165) is 38.8 Å². The van der Waals surface area contributed by atoms with Crippen LogP contribution in [0, 0.1) is 6.92 Å². The molecule has 0 bridgehead atoms. The zero-order valence-electron chi connectivity index (χ0n) is 15.6. The van der Waals surface area contributed by atoms with Crippen LogP contribution in [0.4, 0.5) is 0 Å². The molecule has 0 spiro atoms. The molecule has 1 aromatic carbocycles. The van der Waals surface area contributed by atoms with Gasteiger partial charge in [-0.3, -0.25) is 4.98 Å². The van der Waals surface area contributed by atoms with Crippen LogP contribution in [0.15, 0.2) is 65.2 Å². The van der Waals surface area contributed by atoms with Gasteiger partial charge in [-0.15, -0.1) is 0 Å². The van der Waals surface area contributed by atoms with E-state index in [1.54, 1.807) is 0 Å². The van der Waals surface area contributed by atoms with Crippen LogP contribution in [0.25, 0.3) is 23.5 Å². The standard InChI is InChI=1S/C23H23NO3/c1-4-5-21(19-7-6-17(3)24-15-19)23-16(2)14-22(27-23)18-8-10-20(11-9-18)26-13-12-25/h4-11,14-15,25H,2,12-13H2,1,3H3/b5-4-,23-21-. The first-order chi connectivity index (χ1) is 13.1. The topological polar surface area (TPSA) is 55.5 Å². The number of aliphatic hydroxyl groups is 1. The monoisotopic (exact) mass is 361 g/mol. The molecule has 0 saturated heterocycles. The maximum atomic E-state index is 8.84. The summed E-state index contributed by atoms with van der Waals surface area (Å²) in [6.45, 7) is 8.35. The SMILES string of the molecule is C=c1cc(-c2ccc(OCCO)cc2)o/c1=C(/C=C\C)c1ccc(C)nc1. The Kier molecular flexibility index (Phi) is 5.89. The van der Waals surface area contributed by atoms with Crippen LogP contribution in [-0.2, 0) is 0 Å². The maximum Gasteiger partial charge on any atom is 0.142 e. The third-order valence-corrected chi connectivity index (χ3v) is 4.11. The van der Waals surface area contributed by atoms with E-state index in [0.29, 0.717) is 5.75 Å². The third-order valence-electron chi connectivity index (χ3n) is 4.11. The molecule has 0 aliphatic carbocycles. The Morgan fingerprint density at radius 3 is 2.63 bits per heavy atom. The summed E-state index contributed by atoms with van der Waals surface area (Å²) < 4.78 is 11.6. The second-order valence-corrected chi connectivity index (χ2v) is 6.16. The first-order valence-corrected chi connectivity index (χ1v) is 8.85. The van der Waals surface area contributed by atoms with Crippen molar-refractivity contribution in [1.29, 1.82) is 0 Å². The number of aromatic nitrogens is 1. The lowest BCUT2D eigenvalue weighted by Gasteiger charge is -2.04. The fraction of sp³-hybridized carbons (Fsp3) is 0.174. The number of furan rings is 1. The predicted octanol–water partition coefficient (Wildman–Crippen LogP) is 3.21. The summed E-state index contributed by atoms with van der Waals surface area (Å²) in [5.74, 6) is 1.45. The predicted molar refractivity (Wildman–Crippen MR) is 108 cm³/mol. The van der Waals surface area contributed by atoms with Crippen molar-refractivity contribution in [3.05, 3.63) is 82.7 Å². The first-order valence-electron chi connectivity index (χ1n) is 8.85. The van der Waals surface area contributed by atoms with Gasteiger partial charge in [0.2, 0.25) is 0 Å². The zero-order valence-corrected chi connectivity index (χ0v) is 15.6. The molecule has 4 nitrogen and oxygen atoms in total. The van der Waals surface area contributed by atoms with E-state index in [1.807, 2.05) is 74.7 Å². The van der Waals surface area contributed by atoms with Gasteiger partial charge in [-0.1, -0.05) is 24.8 Å². The summed E-state index contributed by atoms with van der Waals surface area (Å²) in [4.78, 5) is 4.39. The molecule has 0 aliphatic heterocycles. The molecule has 1 N–H and O–H groups in total. The van der Waals surface area contributed by atoms with E-state index in [4.69, 9.17) is 14.3 Å². The highest BCUT2D eigenvalue weighted by molar-refractivity contribution is 5.73. The zero-order chi connectivity index (χ0) is 19.2. The first kappa shape index (κ1) is 18.7. The van der Waals surface area contributed by atoms with Gasteiger partial charge in [0.15, 0.2) is 0 Å². The normalized spacial score (nSPS) is 12.4. The molecular weight excluding hydrogens is 338 g/mol. The molecule has 0 fully saturated rings. The van der Waals surface area contributed by atoms with Crippen molar-refractivity contribution in [3.63, 3.8) is 0 Å². The van der Waals surface area contributed by atoms with Gasteiger partial charge >= 0.3 is 0 Å². The van der Waals surface area contributed by atoms with Gasteiger partial charge in [0.05, 0.1) is 6.61 Å². The number of allylic oxidation sites excluding steroid dienone is 2. The number of hydrogen-bond donors (Lipinski definition) is 1. The number of benzene rings is 1. The van der Waals surface area contributed by atoms with E-state index in [1.165, 1.54) is 0 Å². The lowest BCUT2D eigenvalue weighted by molar-refractivity contribution is 0.201. The van der Waals surface area contributed by atoms with Crippen LogP contribution in [0.3, 0.4) is 0 Å². The van der Waals surface area contributed by atoms with Crippen LogP contribution < -0.4 is 15.4 Å². The van der Waals surface area contributed by atoms with E-state index >= 15 is 0 Å². The van der Waals surface area contributed by atoms with E-state index < -0.39 is 0 Å². The van der Waals surface area contributed by atoms with Gasteiger partial charge in [-0.05, 0) is 50.2 Å². The van der Waals surface area contributed by atoms with E-state index in [2.05, 4.69) is 11.6 Å². The van der Waals surface area contributed by atoms with Crippen molar-refractivity contribution in [2.45, 2.75) is 13.8 Å². The second kappa shape index (κ2) is 8.52. The molecule has 4 heteroatoms. The highest BCUT2D eigenvalue weighted by Crippen LogP contribution is 2.21. The fourth-order valence-corrected chi connectivity index (χ4v) is 2.77. The van der Waals surface area contributed by atoms with E-state index in [-0.39, 0.29) is 13.2 Å². The van der Waals surface area contributed by atoms with E-state index in [9.17, 15) is 0 Å². The van der Waals surface area contributed by atoms with Gasteiger partial charge in [0.25, 0.3) is 0 Å². The lowest BCUT2D eigenvalue weighted by Crippen LogP contribution is -2.20. The largest absolute Gasteiger partial charge is 0.491 e. The smallest absolute Gasteiger partial charge is 0.142 e. The minimum absolute atomic E-state index is 0.00835. The molecule has 0 amide bonds. The Bertz CT molecular complexity index is 1030. The van der Waals surface area contributed by atoms with Gasteiger partial charge in [0, 0.05) is 33.8 Å². The van der Waals surface area contributed by atoms with Crippen molar-refractivity contribution in [2.75, 3.05) is 13.2 Å². The van der Waals surface area contributed by atoms with Gasteiger partial charge < -0.3 is 14.3 Å². The number of pyridine rings is 1. The molecule has 0 atom stereocenters. The molecule has 2 heterocycles. The molecule has 3 aromatic rings. The summed E-state index contributed by atoms with van der Waals surface area (Å²) in [5, 5.41) is 9.66. The maximum absolute atomic E-state index is 8.84. The molecule has 0 saturated carbocycles. The number of aryl methyl sites for hydroxylation is 1. The fourth-order valence-electron chi connectivity index (χ4n) is 2.77. The number of ether oxygens (including phenoxy) is 1. The average molecular weight is 361 g/mol. The Balaban J connectivity index is 2.04. The molecule has 3 rings (SSSR count). The summed E-state index contributed by atoms with van der Waals surface area (Å²) in [7, 11) is 0. The van der Waals surface area contributed by atoms with Crippen LogP contribution in [0.5, 0.6) is 5.75 Å². The number of nitrogens with zero attached hydrogens (tertiary/aromatic N) is 1. The summed E-state index contributed by atoms with van der Waals surface area (Å²) in [6.07, 6.45) is 5.83. The Morgan fingerprint density at radius 1 is 1.22 bits per heavy atom. The van der Waals surface area contributed by atoms with Crippen molar-refractivity contribution in [2.24, 2.45) is 0 Å². The van der Waals surface area contributed by atoms with Gasteiger partial charge in [-0.25, -0.2) is 0 Å². The second-order valence-electron chi connectivity index (χ2n) is 6.16. The minimum atomic E-state index is -0.00835. The molecule has 138 valence electrons. The van der Waals surface area contributed by atoms with Crippen molar-refractivity contribution < 1.29 is 14.3 Å². The Morgan fingerprint density at radius 2 is 2.00 bits per heavy atom. The van der Waals surface area contributed by atoms with Crippen LogP contribution >= 0.6 is 0 Å². The van der Waals surface area contributed by atoms with Crippen LogP contribution in [-0.4, -0.2) is 23.3 Å². The summed E-state index contributed by atoms with van der Waals surface area (Å²) in [5.41, 5.74) is 4.57. The Labute approximate surface area is 158 Å². The molecule has 0 radical (unpaired) electrons. The number of rotatable bonds is 6.